The molecule has 2 rings (SSSR count). The molecular weight excluding hydrogens is 232 g/mol. The van der Waals surface area contributed by atoms with Gasteiger partial charge in [-0.15, -0.1) is 0 Å². The van der Waals surface area contributed by atoms with Crippen molar-refractivity contribution in [3.05, 3.63) is 35.4 Å². The van der Waals surface area contributed by atoms with Crippen LogP contribution in [0.25, 0.3) is 0 Å². The molecule has 1 heterocycles. The third-order valence-corrected chi connectivity index (χ3v) is 4.02. The molecule has 0 aromatic heterocycles. The zero-order chi connectivity index (χ0) is 13.5. The van der Waals surface area contributed by atoms with E-state index in [4.69, 9.17) is 0 Å². The van der Waals surface area contributed by atoms with Gasteiger partial charge in [-0.25, -0.2) is 0 Å². The van der Waals surface area contributed by atoms with Crippen molar-refractivity contribution in [2.75, 3.05) is 19.6 Å². The lowest BCUT2D eigenvalue weighted by atomic mass is 10.0. The second kappa shape index (κ2) is 7.66. The van der Waals surface area contributed by atoms with Gasteiger partial charge in [0, 0.05) is 13.1 Å². The Morgan fingerprint density at radius 1 is 1.11 bits per heavy atom. The van der Waals surface area contributed by atoms with Crippen LogP contribution in [0.15, 0.2) is 24.3 Å². The Balaban J connectivity index is 1.96. The average molecular weight is 260 g/mol. The van der Waals surface area contributed by atoms with Crippen molar-refractivity contribution in [2.45, 2.75) is 52.1 Å². The summed E-state index contributed by atoms with van der Waals surface area (Å²) in [6, 6.07) is 9.24. The zero-order valence-electron chi connectivity index (χ0n) is 12.5. The molecule has 2 heteroatoms. The van der Waals surface area contributed by atoms with Gasteiger partial charge in [-0.2, -0.15) is 0 Å². The highest BCUT2D eigenvalue weighted by atomic mass is 15.3. The molecule has 19 heavy (non-hydrogen) atoms. The SMILES string of the molecule is CCCCc1ccc(C2NCCN2CCCC)cc1. The number of hydrogen-bond donors (Lipinski definition) is 1. The molecular formula is C17H28N2. The molecule has 106 valence electrons. The van der Waals surface area contributed by atoms with Gasteiger partial charge in [-0.1, -0.05) is 51.0 Å². The lowest BCUT2D eigenvalue weighted by Gasteiger charge is -2.24. The predicted molar refractivity (Wildman–Crippen MR) is 82.3 cm³/mol. The summed E-state index contributed by atoms with van der Waals surface area (Å²) < 4.78 is 0. The fraction of sp³-hybridized carbons (Fsp3) is 0.647. The normalized spacial score (nSPS) is 20.0. The average Bonchev–Trinajstić information content (AvgIpc) is 2.92. The highest BCUT2D eigenvalue weighted by molar-refractivity contribution is 5.25. The Bertz CT molecular complexity index is 358. The van der Waals surface area contributed by atoms with Gasteiger partial charge in [0.05, 0.1) is 6.17 Å². The molecule has 1 aliphatic heterocycles. The molecule has 1 fully saturated rings. The van der Waals surface area contributed by atoms with Crippen molar-refractivity contribution >= 4 is 0 Å². The molecule has 1 aliphatic rings. The molecule has 1 aromatic rings. The standard InChI is InChI=1S/C17H28N2/c1-3-5-7-15-8-10-16(11-9-15)17-18-12-14-19(17)13-6-4-2/h8-11,17-18H,3-7,12-14H2,1-2H3. The summed E-state index contributed by atoms with van der Waals surface area (Å²) in [5.41, 5.74) is 2.90. The highest BCUT2D eigenvalue weighted by Crippen LogP contribution is 2.22. The maximum absolute atomic E-state index is 3.62. The second-order valence-corrected chi connectivity index (χ2v) is 5.59. The van der Waals surface area contributed by atoms with Gasteiger partial charge < -0.3 is 0 Å². The van der Waals surface area contributed by atoms with Crippen LogP contribution in [0.1, 0.15) is 56.8 Å². The molecule has 0 saturated carbocycles. The van der Waals surface area contributed by atoms with Crippen LogP contribution in [-0.2, 0) is 6.42 Å². The number of nitrogens with one attached hydrogen (secondary N) is 1. The zero-order valence-corrected chi connectivity index (χ0v) is 12.5. The van der Waals surface area contributed by atoms with Gasteiger partial charge in [0.1, 0.15) is 0 Å². The smallest absolute Gasteiger partial charge is 0.0861 e. The van der Waals surface area contributed by atoms with E-state index in [1.54, 1.807) is 0 Å². The van der Waals surface area contributed by atoms with Gasteiger partial charge in [0.15, 0.2) is 0 Å². The Morgan fingerprint density at radius 2 is 1.84 bits per heavy atom. The lowest BCUT2D eigenvalue weighted by Crippen LogP contribution is -2.28. The van der Waals surface area contributed by atoms with Gasteiger partial charge in [-0.3, -0.25) is 10.2 Å². The maximum atomic E-state index is 3.62. The molecule has 1 N–H and O–H groups in total. The molecule has 0 amide bonds. The summed E-state index contributed by atoms with van der Waals surface area (Å²) in [7, 11) is 0. The Labute approximate surface area is 118 Å². The number of rotatable bonds is 7. The van der Waals surface area contributed by atoms with E-state index < -0.39 is 0 Å². The minimum Gasteiger partial charge on any atom is -0.297 e. The molecule has 1 aromatic carbocycles. The second-order valence-electron chi connectivity index (χ2n) is 5.59. The van der Waals surface area contributed by atoms with E-state index in [1.165, 1.54) is 56.3 Å². The van der Waals surface area contributed by atoms with Crippen LogP contribution < -0.4 is 5.32 Å². The third kappa shape index (κ3) is 4.05. The summed E-state index contributed by atoms with van der Waals surface area (Å²) >= 11 is 0. The number of aryl methyl sites for hydroxylation is 1. The predicted octanol–water partition coefficient (Wildman–Crippen LogP) is 3.73. The number of unbranched alkanes of at least 4 members (excludes halogenated alkanes) is 2. The molecule has 0 aliphatic carbocycles. The quantitative estimate of drug-likeness (QED) is 0.803. The maximum Gasteiger partial charge on any atom is 0.0861 e. The van der Waals surface area contributed by atoms with Crippen LogP contribution >= 0.6 is 0 Å². The van der Waals surface area contributed by atoms with E-state index in [-0.39, 0.29) is 0 Å². The minimum atomic E-state index is 0.437. The van der Waals surface area contributed by atoms with E-state index >= 15 is 0 Å². The first-order valence-electron chi connectivity index (χ1n) is 7.91. The minimum absolute atomic E-state index is 0.437. The first-order chi connectivity index (χ1) is 9.35. The van der Waals surface area contributed by atoms with Crippen molar-refractivity contribution in [2.24, 2.45) is 0 Å². The Morgan fingerprint density at radius 3 is 2.53 bits per heavy atom. The van der Waals surface area contributed by atoms with Crippen LogP contribution in [-0.4, -0.2) is 24.5 Å². The fourth-order valence-corrected chi connectivity index (χ4v) is 2.78. The van der Waals surface area contributed by atoms with E-state index in [0.29, 0.717) is 6.17 Å². The number of benzene rings is 1. The van der Waals surface area contributed by atoms with E-state index in [0.717, 1.165) is 6.54 Å². The van der Waals surface area contributed by atoms with Crippen LogP contribution in [0.2, 0.25) is 0 Å². The first kappa shape index (κ1) is 14.5. The van der Waals surface area contributed by atoms with E-state index in [1.807, 2.05) is 0 Å². The fourth-order valence-electron chi connectivity index (χ4n) is 2.78. The molecule has 1 unspecified atom stereocenters. The monoisotopic (exact) mass is 260 g/mol. The summed E-state index contributed by atoms with van der Waals surface area (Å²) in [6.07, 6.45) is 6.80. The Kier molecular flexibility index (Phi) is 5.87. The van der Waals surface area contributed by atoms with Gasteiger partial charge in [0.2, 0.25) is 0 Å². The number of hydrogen-bond acceptors (Lipinski definition) is 2. The van der Waals surface area contributed by atoms with Crippen LogP contribution in [0.5, 0.6) is 0 Å². The molecule has 1 saturated heterocycles. The molecule has 1 atom stereocenters. The van der Waals surface area contributed by atoms with Crippen LogP contribution in [0.3, 0.4) is 0 Å². The van der Waals surface area contributed by atoms with Gasteiger partial charge in [0.25, 0.3) is 0 Å². The van der Waals surface area contributed by atoms with Crippen molar-refractivity contribution in [3.8, 4) is 0 Å². The Hall–Kier alpha value is -0.860. The van der Waals surface area contributed by atoms with Crippen molar-refractivity contribution in [3.63, 3.8) is 0 Å². The topological polar surface area (TPSA) is 15.3 Å². The summed E-state index contributed by atoms with van der Waals surface area (Å²) in [4.78, 5) is 2.57. The molecule has 0 radical (unpaired) electrons. The largest absolute Gasteiger partial charge is 0.297 e. The molecule has 2 nitrogen and oxygen atoms in total. The molecule has 0 bridgehead atoms. The van der Waals surface area contributed by atoms with E-state index in [9.17, 15) is 0 Å². The summed E-state index contributed by atoms with van der Waals surface area (Å²) in [5, 5.41) is 3.62. The molecule has 0 spiro atoms. The van der Waals surface area contributed by atoms with Crippen molar-refractivity contribution in [1.82, 2.24) is 10.2 Å². The lowest BCUT2D eigenvalue weighted by molar-refractivity contribution is 0.241. The van der Waals surface area contributed by atoms with Crippen LogP contribution in [0, 0.1) is 0 Å². The van der Waals surface area contributed by atoms with Gasteiger partial charge >= 0.3 is 0 Å². The van der Waals surface area contributed by atoms with E-state index in [2.05, 4.69) is 48.3 Å². The van der Waals surface area contributed by atoms with Crippen LogP contribution in [0.4, 0.5) is 0 Å². The number of nitrogens with zero attached hydrogens (tertiary/aromatic N) is 1. The highest BCUT2D eigenvalue weighted by Gasteiger charge is 2.24. The summed E-state index contributed by atoms with van der Waals surface area (Å²) in [5.74, 6) is 0. The van der Waals surface area contributed by atoms with Gasteiger partial charge in [-0.05, 0) is 36.9 Å². The third-order valence-electron chi connectivity index (χ3n) is 4.02. The summed E-state index contributed by atoms with van der Waals surface area (Å²) in [6.45, 7) is 8.03. The van der Waals surface area contributed by atoms with Crippen molar-refractivity contribution in [1.29, 1.82) is 0 Å². The first-order valence-corrected chi connectivity index (χ1v) is 7.91. The van der Waals surface area contributed by atoms with Crippen molar-refractivity contribution < 1.29 is 0 Å².